The van der Waals surface area contributed by atoms with Gasteiger partial charge in [-0.15, -0.1) is 0 Å². The van der Waals surface area contributed by atoms with Crippen LogP contribution in [0.4, 0.5) is 14.5 Å². The molecule has 1 saturated heterocycles. The second kappa shape index (κ2) is 9.54. The van der Waals surface area contributed by atoms with E-state index in [1.165, 1.54) is 0 Å². The molecule has 1 fully saturated rings. The summed E-state index contributed by atoms with van der Waals surface area (Å²) in [5, 5.41) is 0. The maximum atomic E-state index is 12.8. The highest BCUT2D eigenvalue weighted by Gasteiger charge is 2.26. The number of anilines is 1. The van der Waals surface area contributed by atoms with Crippen molar-refractivity contribution in [3.63, 3.8) is 0 Å². The minimum Gasteiger partial charge on any atom is -0.466 e. The standard InChI is InChI=1S/C24H27F2N3O3/c1-3-31-23(30)17-10-12-28(13-11-17)19-8-9-22-27-16(2)20(29(22)15-19)14-18-6-4-5-7-21(18)32-24(25)26/h4-9,15,17,24H,3,10-14H2,1-2H3. The maximum Gasteiger partial charge on any atom is 0.387 e. The van der Waals surface area contributed by atoms with Gasteiger partial charge in [-0.3, -0.25) is 4.79 Å². The number of fused-ring (bicyclic) bond motifs is 1. The van der Waals surface area contributed by atoms with Gasteiger partial charge in [-0.1, -0.05) is 18.2 Å². The van der Waals surface area contributed by atoms with Crippen LogP contribution in [0.2, 0.25) is 0 Å². The summed E-state index contributed by atoms with van der Waals surface area (Å²) in [6, 6.07) is 10.8. The van der Waals surface area contributed by atoms with Crippen LogP contribution in [0.15, 0.2) is 42.6 Å². The zero-order valence-electron chi connectivity index (χ0n) is 18.3. The molecule has 32 heavy (non-hydrogen) atoms. The first-order chi connectivity index (χ1) is 15.5. The van der Waals surface area contributed by atoms with Gasteiger partial charge in [0.15, 0.2) is 0 Å². The molecule has 3 heterocycles. The van der Waals surface area contributed by atoms with Crippen LogP contribution < -0.4 is 9.64 Å². The topological polar surface area (TPSA) is 56.1 Å². The molecule has 8 heteroatoms. The molecule has 0 aliphatic carbocycles. The lowest BCUT2D eigenvalue weighted by Gasteiger charge is -2.32. The average Bonchev–Trinajstić information content (AvgIpc) is 3.09. The highest BCUT2D eigenvalue weighted by Crippen LogP contribution is 2.28. The van der Waals surface area contributed by atoms with Crippen LogP contribution >= 0.6 is 0 Å². The number of hydrogen-bond donors (Lipinski definition) is 0. The van der Waals surface area contributed by atoms with E-state index in [0.29, 0.717) is 18.6 Å². The predicted molar refractivity (Wildman–Crippen MR) is 117 cm³/mol. The zero-order valence-corrected chi connectivity index (χ0v) is 18.3. The quantitative estimate of drug-likeness (QED) is 0.499. The van der Waals surface area contributed by atoms with E-state index < -0.39 is 6.61 Å². The smallest absolute Gasteiger partial charge is 0.387 e. The average molecular weight is 443 g/mol. The van der Waals surface area contributed by atoms with Crippen molar-refractivity contribution in [2.24, 2.45) is 5.92 Å². The molecule has 4 rings (SSSR count). The van der Waals surface area contributed by atoms with Gasteiger partial charge in [-0.05, 0) is 44.9 Å². The van der Waals surface area contributed by atoms with Gasteiger partial charge in [0, 0.05) is 37.0 Å². The molecule has 0 unspecified atom stereocenters. The van der Waals surface area contributed by atoms with Gasteiger partial charge in [0.2, 0.25) is 0 Å². The molecule has 1 aliphatic rings. The summed E-state index contributed by atoms with van der Waals surface area (Å²) in [4.78, 5) is 18.9. The number of pyridine rings is 1. The molecule has 0 spiro atoms. The molecule has 0 radical (unpaired) electrons. The van der Waals surface area contributed by atoms with Crippen LogP contribution in [-0.4, -0.2) is 41.7 Å². The van der Waals surface area contributed by atoms with Crippen molar-refractivity contribution in [1.82, 2.24) is 9.38 Å². The SMILES string of the molecule is CCOC(=O)C1CCN(c2ccc3nc(C)c(Cc4ccccc4OC(F)F)n3c2)CC1. The molecule has 3 aromatic rings. The zero-order chi connectivity index (χ0) is 22.7. The summed E-state index contributed by atoms with van der Waals surface area (Å²) in [5.41, 5.74) is 4.28. The van der Waals surface area contributed by atoms with Crippen molar-refractivity contribution in [1.29, 1.82) is 0 Å². The Morgan fingerprint density at radius 2 is 1.94 bits per heavy atom. The number of ether oxygens (including phenoxy) is 2. The minimum atomic E-state index is -2.87. The summed E-state index contributed by atoms with van der Waals surface area (Å²) >= 11 is 0. The van der Waals surface area contributed by atoms with Crippen molar-refractivity contribution in [2.75, 3.05) is 24.6 Å². The van der Waals surface area contributed by atoms with Crippen molar-refractivity contribution in [3.05, 3.63) is 59.5 Å². The van der Waals surface area contributed by atoms with Gasteiger partial charge in [0.1, 0.15) is 11.4 Å². The molecule has 0 amide bonds. The second-order valence-corrected chi connectivity index (χ2v) is 7.94. The summed E-state index contributed by atoms with van der Waals surface area (Å²) in [6.07, 6.45) is 3.96. The lowest BCUT2D eigenvalue weighted by Crippen LogP contribution is -2.37. The van der Waals surface area contributed by atoms with Crippen LogP contribution in [0.5, 0.6) is 5.75 Å². The fraction of sp³-hybridized carbons (Fsp3) is 0.417. The molecule has 0 atom stereocenters. The predicted octanol–water partition coefficient (Wildman–Crippen LogP) is 4.61. The summed E-state index contributed by atoms with van der Waals surface area (Å²) in [6.45, 7) is 2.81. The van der Waals surface area contributed by atoms with Crippen molar-refractivity contribution >= 4 is 17.3 Å². The van der Waals surface area contributed by atoms with E-state index in [2.05, 4.69) is 9.88 Å². The number of aryl methyl sites for hydroxylation is 1. The Labute approximate surface area is 185 Å². The van der Waals surface area contributed by atoms with E-state index in [1.807, 2.05) is 42.6 Å². The minimum absolute atomic E-state index is 0.0488. The third-order valence-electron chi connectivity index (χ3n) is 5.93. The Morgan fingerprint density at radius 1 is 1.19 bits per heavy atom. The van der Waals surface area contributed by atoms with Crippen LogP contribution in [0.3, 0.4) is 0 Å². The number of carbonyl (C=O) groups excluding carboxylic acids is 1. The lowest BCUT2D eigenvalue weighted by atomic mass is 9.97. The molecule has 2 aromatic heterocycles. The van der Waals surface area contributed by atoms with Gasteiger partial charge in [0.05, 0.1) is 23.9 Å². The van der Waals surface area contributed by atoms with Gasteiger partial charge < -0.3 is 18.8 Å². The van der Waals surface area contributed by atoms with Crippen molar-refractivity contribution in [3.8, 4) is 5.75 Å². The first kappa shape index (κ1) is 22.0. The number of para-hydroxylation sites is 1. The molecule has 1 aliphatic heterocycles. The molecule has 0 N–H and O–H groups in total. The second-order valence-electron chi connectivity index (χ2n) is 7.94. The normalized spacial score (nSPS) is 14.8. The van der Waals surface area contributed by atoms with Crippen LogP contribution in [0, 0.1) is 12.8 Å². The Bertz CT molecular complexity index is 1090. The third-order valence-corrected chi connectivity index (χ3v) is 5.93. The number of nitrogens with zero attached hydrogens (tertiary/aromatic N) is 3. The monoisotopic (exact) mass is 443 g/mol. The Balaban J connectivity index is 1.57. The Hall–Kier alpha value is -3.16. The number of aromatic nitrogens is 2. The van der Waals surface area contributed by atoms with E-state index in [9.17, 15) is 13.6 Å². The van der Waals surface area contributed by atoms with E-state index >= 15 is 0 Å². The number of hydrogen-bond acceptors (Lipinski definition) is 5. The number of esters is 1. The number of piperidine rings is 1. The number of halogens is 2. The highest BCUT2D eigenvalue weighted by atomic mass is 19.3. The first-order valence-electron chi connectivity index (χ1n) is 10.9. The number of rotatable bonds is 7. The maximum absolute atomic E-state index is 12.8. The van der Waals surface area contributed by atoms with Gasteiger partial charge in [-0.25, -0.2) is 4.98 Å². The van der Waals surface area contributed by atoms with E-state index in [0.717, 1.165) is 48.7 Å². The van der Waals surface area contributed by atoms with Crippen LogP contribution in [-0.2, 0) is 16.0 Å². The highest BCUT2D eigenvalue weighted by molar-refractivity contribution is 5.73. The molecular weight excluding hydrogens is 416 g/mol. The van der Waals surface area contributed by atoms with Gasteiger partial charge >= 0.3 is 12.6 Å². The molecular formula is C24H27F2N3O3. The van der Waals surface area contributed by atoms with Crippen molar-refractivity contribution in [2.45, 2.75) is 39.7 Å². The number of imidazole rings is 1. The van der Waals surface area contributed by atoms with E-state index in [1.54, 1.807) is 18.2 Å². The summed E-state index contributed by atoms with van der Waals surface area (Å²) in [7, 11) is 0. The van der Waals surface area contributed by atoms with Crippen molar-refractivity contribution < 1.29 is 23.0 Å². The van der Waals surface area contributed by atoms with Gasteiger partial charge in [-0.2, -0.15) is 8.78 Å². The largest absolute Gasteiger partial charge is 0.466 e. The number of benzene rings is 1. The molecule has 1 aromatic carbocycles. The third kappa shape index (κ3) is 4.69. The molecule has 0 saturated carbocycles. The lowest BCUT2D eigenvalue weighted by molar-refractivity contribution is -0.148. The fourth-order valence-corrected chi connectivity index (χ4v) is 4.27. The molecule has 6 nitrogen and oxygen atoms in total. The Kier molecular flexibility index (Phi) is 6.58. The summed E-state index contributed by atoms with van der Waals surface area (Å²) < 4.78 is 37.5. The molecule has 0 bridgehead atoms. The number of alkyl halides is 2. The number of carbonyl (C=O) groups is 1. The fourth-order valence-electron chi connectivity index (χ4n) is 4.27. The van der Waals surface area contributed by atoms with Crippen LogP contribution in [0.1, 0.15) is 36.7 Å². The molecule has 170 valence electrons. The van der Waals surface area contributed by atoms with Gasteiger partial charge in [0.25, 0.3) is 0 Å². The first-order valence-corrected chi connectivity index (χ1v) is 10.9. The van der Waals surface area contributed by atoms with E-state index in [4.69, 9.17) is 9.47 Å². The van der Waals surface area contributed by atoms with Crippen LogP contribution in [0.25, 0.3) is 5.65 Å². The Morgan fingerprint density at radius 3 is 2.66 bits per heavy atom. The van der Waals surface area contributed by atoms with E-state index in [-0.39, 0.29) is 17.6 Å². The summed E-state index contributed by atoms with van der Waals surface area (Å²) in [5.74, 6) is 0.0150.